The predicted octanol–water partition coefficient (Wildman–Crippen LogP) is 2.45. The molecule has 0 aliphatic rings. The van der Waals surface area contributed by atoms with E-state index in [1.807, 2.05) is 31.2 Å². The Kier molecular flexibility index (Phi) is 10.9. The first-order valence-electron chi connectivity index (χ1n) is 4.96. The zero-order valence-electron chi connectivity index (χ0n) is 9.03. The third kappa shape index (κ3) is 12.3. The van der Waals surface area contributed by atoms with E-state index < -0.39 is 0 Å². The van der Waals surface area contributed by atoms with E-state index in [-0.39, 0.29) is 6.61 Å². The molecule has 1 heteroatoms. The van der Waals surface area contributed by atoms with Crippen LogP contribution in [0.1, 0.15) is 19.8 Å². The summed E-state index contributed by atoms with van der Waals surface area (Å²) in [6.45, 7) is 2.18. The van der Waals surface area contributed by atoms with Gasteiger partial charge in [-0.3, -0.25) is 0 Å². The highest BCUT2D eigenvalue weighted by atomic mass is 16.2. The number of hydrogen-bond donors (Lipinski definition) is 1. The highest BCUT2D eigenvalue weighted by Gasteiger charge is 1.75. The normalized spacial score (nSPS) is 10.3. The molecule has 1 nitrogen and oxygen atoms in total. The highest BCUT2D eigenvalue weighted by molar-refractivity contribution is 5.34. The number of allylic oxidation sites excluding steroid dienone is 6. The van der Waals surface area contributed by atoms with E-state index in [1.165, 1.54) is 0 Å². The largest absolute Gasteiger partial charge is 0.396 e. The van der Waals surface area contributed by atoms with E-state index in [4.69, 9.17) is 5.11 Å². The first-order valence-corrected chi connectivity index (χ1v) is 4.96. The van der Waals surface area contributed by atoms with Gasteiger partial charge in [0.2, 0.25) is 0 Å². The minimum absolute atomic E-state index is 0.229. The summed E-state index contributed by atoms with van der Waals surface area (Å²) in [7, 11) is 0. The molecule has 0 spiro atoms. The van der Waals surface area contributed by atoms with E-state index in [1.54, 1.807) is 12.2 Å². The van der Waals surface area contributed by atoms with Crippen molar-refractivity contribution in [3.05, 3.63) is 36.5 Å². The second-order valence-electron chi connectivity index (χ2n) is 2.69. The van der Waals surface area contributed by atoms with Crippen molar-refractivity contribution in [1.29, 1.82) is 0 Å². The first kappa shape index (κ1) is 13.3. The third-order valence-electron chi connectivity index (χ3n) is 1.42. The second-order valence-corrected chi connectivity index (χ2v) is 2.69. The molecule has 0 rings (SSSR count). The smallest absolute Gasteiger partial charge is 0.0433 e. The zero-order valence-corrected chi connectivity index (χ0v) is 9.03. The van der Waals surface area contributed by atoms with Gasteiger partial charge in [-0.1, -0.05) is 36.1 Å². The van der Waals surface area contributed by atoms with Crippen LogP contribution in [0.5, 0.6) is 0 Å². The Morgan fingerprint density at radius 2 is 1.80 bits per heavy atom. The molecule has 78 valence electrons. The summed E-state index contributed by atoms with van der Waals surface area (Å²) < 4.78 is 0. The Labute approximate surface area is 92.2 Å². The van der Waals surface area contributed by atoms with E-state index in [2.05, 4.69) is 23.7 Å². The van der Waals surface area contributed by atoms with Gasteiger partial charge in [0.1, 0.15) is 0 Å². The Morgan fingerprint density at radius 3 is 2.47 bits per heavy atom. The van der Waals surface area contributed by atoms with Crippen molar-refractivity contribution in [2.24, 2.45) is 0 Å². The molecule has 0 aromatic rings. The van der Waals surface area contributed by atoms with Crippen LogP contribution in [0.3, 0.4) is 0 Å². The molecule has 0 saturated carbocycles. The lowest BCUT2D eigenvalue weighted by Gasteiger charge is -1.83. The maximum absolute atomic E-state index is 8.50. The van der Waals surface area contributed by atoms with Crippen LogP contribution in [0.25, 0.3) is 0 Å². The van der Waals surface area contributed by atoms with Gasteiger partial charge in [-0.05, 0) is 43.8 Å². The van der Waals surface area contributed by atoms with Gasteiger partial charge in [0, 0.05) is 6.61 Å². The van der Waals surface area contributed by atoms with Gasteiger partial charge >= 0.3 is 0 Å². The summed E-state index contributed by atoms with van der Waals surface area (Å²) >= 11 is 0. The third-order valence-corrected chi connectivity index (χ3v) is 1.42. The Balaban J connectivity index is 3.73. The van der Waals surface area contributed by atoms with Crippen LogP contribution in [0.15, 0.2) is 36.5 Å². The van der Waals surface area contributed by atoms with Gasteiger partial charge in [0.05, 0.1) is 0 Å². The van der Waals surface area contributed by atoms with Crippen molar-refractivity contribution >= 4 is 0 Å². The predicted molar refractivity (Wildman–Crippen MR) is 65.0 cm³/mol. The molecule has 15 heavy (non-hydrogen) atoms. The molecule has 0 aromatic carbocycles. The summed E-state index contributed by atoms with van der Waals surface area (Å²) in [5.41, 5.74) is 0. The molecule has 0 fully saturated rings. The molecule has 0 heterocycles. The number of hydrogen-bond acceptors (Lipinski definition) is 1. The quantitative estimate of drug-likeness (QED) is 0.420. The molecule has 0 aliphatic heterocycles. The molecule has 0 aromatic heterocycles. The summed E-state index contributed by atoms with van der Waals surface area (Å²) in [4.78, 5) is 0. The number of aliphatic hydroxyl groups is 1. The van der Waals surface area contributed by atoms with E-state index >= 15 is 0 Å². The van der Waals surface area contributed by atoms with Crippen LogP contribution >= 0.6 is 0 Å². The van der Waals surface area contributed by atoms with E-state index in [0.29, 0.717) is 0 Å². The van der Waals surface area contributed by atoms with Crippen molar-refractivity contribution < 1.29 is 5.11 Å². The topological polar surface area (TPSA) is 20.2 Å². The molecule has 0 bridgehead atoms. The number of unbranched alkanes of at least 4 members (excludes halogenated alkanes) is 1. The standard InChI is InChI=1S/C14H16O/c1-2-3-4-5-6-7-8-9-10-11-12-13-14-15/h2-5,10-11,15H,12-14H2,1H3. The fourth-order valence-electron chi connectivity index (χ4n) is 0.722. The Bertz CT molecular complexity index is 337. The lowest BCUT2D eigenvalue weighted by molar-refractivity contribution is 0.289. The summed E-state index contributed by atoms with van der Waals surface area (Å²) in [5.74, 6) is 11.0. The lowest BCUT2D eigenvalue weighted by Crippen LogP contribution is -1.77. The van der Waals surface area contributed by atoms with Crippen LogP contribution in [0, 0.1) is 23.7 Å². The Morgan fingerprint density at radius 1 is 1.07 bits per heavy atom. The van der Waals surface area contributed by atoms with Gasteiger partial charge in [-0.25, -0.2) is 0 Å². The van der Waals surface area contributed by atoms with Crippen molar-refractivity contribution in [3.8, 4) is 23.7 Å². The Hall–Kier alpha value is -1.70. The van der Waals surface area contributed by atoms with Gasteiger partial charge in [-0.2, -0.15) is 0 Å². The van der Waals surface area contributed by atoms with Crippen molar-refractivity contribution in [3.63, 3.8) is 0 Å². The highest BCUT2D eigenvalue weighted by Crippen LogP contribution is 1.87. The fourth-order valence-corrected chi connectivity index (χ4v) is 0.722. The van der Waals surface area contributed by atoms with E-state index in [0.717, 1.165) is 12.8 Å². The van der Waals surface area contributed by atoms with Crippen molar-refractivity contribution in [2.45, 2.75) is 19.8 Å². The zero-order chi connectivity index (χ0) is 11.2. The van der Waals surface area contributed by atoms with Crippen LogP contribution in [-0.4, -0.2) is 11.7 Å². The van der Waals surface area contributed by atoms with Gasteiger partial charge in [0.15, 0.2) is 0 Å². The summed E-state index contributed by atoms with van der Waals surface area (Å²) in [6, 6.07) is 0. The number of rotatable bonds is 4. The minimum Gasteiger partial charge on any atom is -0.396 e. The van der Waals surface area contributed by atoms with Gasteiger partial charge in [0.25, 0.3) is 0 Å². The summed E-state index contributed by atoms with van der Waals surface area (Å²) in [6.07, 6.45) is 12.8. The molecule has 0 saturated heterocycles. The van der Waals surface area contributed by atoms with Gasteiger partial charge in [-0.15, -0.1) is 0 Å². The molecule has 1 N–H and O–H groups in total. The molecule has 0 unspecified atom stereocenters. The SMILES string of the molecule is CC=CC=CC#CC#CC=CCCCO. The lowest BCUT2D eigenvalue weighted by atomic mass is 10.3. The number of aliphatic hydroxyl groups excluding tert-OH is 1. The van der Waals surface area contributed by atoms with Crippen LogP contribution < -0.4 is 0 Å². The maximum atomic E-state index is 8.50. The second kappa shape index (κ2) is 12.3. The average Bonchev–Trinajstić information content (AvgIpc) is 2.26. The van der Waals surface area contributed by atoms with E-state index in [9.17, 15) is 0 Å². The van der Waals surface area contributed by atoms with Crippen LogP contribution in [0.4, 0.5) is 0 Å². The molecule has 0 amide bonds. The summed E-state index contributed by atoms with van der Waals surface area (Å²) in [5, 5.41) is 8.50. The van der Waals surface area contributed by atoms with Crippen molar-refractivity contribution in [2.75, 3.05) is 6.61 Å². The van der Waals surface area contributed by atoms with Crippen LogP contribution in [-0.2, 0) is 0 Å². The first-order chi connectivity index (χ1) is 7.41. The molecular formula is C14H16O. The van der Waals surface area contributed by atoms with Crippen LogP contribution in [0.2, 0.25) is 0 Å². The molecule has 0 atom stereocenters. The maximum Gasteiger partial charge on any atom is 0.0433 e. The fraction of sp³-hybridized carbons (Fsp3) is 0.286. The molecular weight excluding hydrogens is 184 g/mol. The average molecular weight is 200 g/mol. The molecule has 0 aliphatic carbocycles. The van der Waals surface area contributed by atoms with Gasteiger partial charge < -0.3 is 5.11 Å². The minimum atomic E-state index is 0.229. The van der Waals surface area contributed by atoms with Crippen molar-refractivity contribution in [1.82, 2.24) is 0 Å². The monoisotopic (exact) mass is 200 g/mol. The molecule has 0 radical (unpaired) electrons.